The van der Waals surface area contributed by atoms with Gasteiger partial charge in [0.1, 0.15) is 0 Å². The molecular weight excluding hydrogens is 224 g/mol. The summed E-state index contributed by atoms with van der Waals surface area (Å²) in [6, 6.07) is 5.66. The largest absolute Gasteiger partial charge is 0.398 e. The van der Waals surface area contributed by atoms with Crippen LogP contribution in [0, 0.1) is 0 Å². The van der Waals surface area contributed by atoms with Crippen LogP contribution in [0.5, 0.6) is 0 Å². The fourth-order valence-electron chi connectivity index (χ4n) is 2.10. The van der Waals surface area contributed by atoms with E-state index in [0.29, 0.717) is 6.10 Å². The third-order valence-corrected chi connectivity index (χ3v) is 3.45. The molecule has 0 radical (unpaired) electrons. The molecule has 0 spiro atoms. The highest BCUT2D eigenvalue weighted by molar-refractivity contribution is 6.31. The van der Waals surface area contributed by atoms with E-state index in [4.69, 9.17) is 22.1 Å². The van der Waals surface area contributed by atoms with Crippen LogP contribution in [0.3, 0.4) is 0 Å². The van der Waals surface area contributed by atoms with E-state index in [1.807, 2.05) is 18.2 Å². The SMILES string of the molecule is COC1CCN(Cc2c(N)cccc2Cl)C1. The maximum Gasteiger partial charge on any atom is 0.0710 e. The van der Waals surface area contributed by atoms with Crippen molar-refractivity contribution < 1.29 is 4.74 Å². The second-order valence-electron chi connectivity index (χ2n) is 4.19. The molecule has 1 atom stereocenters. The van der Waals surface area contributed by atoms with Crippen molar-refractivity contribution in [3.8, 4) is 0 Å². The smallest absolute Gasteiger partial charge is 0.0710 e. The Kier molecular flexibility index (Phi) is 3.69. The summed E-state index contributed by atoms with van der Waals surface area (Å²) in [6.07, 6.45) is 1.43. The maximum atomic E-state index is 6.14. The molecule has 1 saturated heterocycles. The summed E-state index contributed by atoms with van der Waals surface area (Å²) in [7, 11) is 1.76. The lowest BCUT2D eigenvalue weighted by atomic mass is 10.1. The number of halogens is 1. The average molecular weight is 241 g/mol. The topological polar surface area (TPSA) is 38.5 Å². The Bertz CT molecular complexity index is 350. The highest BCUT2D eigenvalue weighted by Crippen LogP contribution is 2.25. The minimum absolute atomic E-state index is 0.351. The van der Waals surface area contributed by atoms with Crippen LogP contribution in [0.25, 0.3) is 0 Å². The van der Waals surface area contributed by atoms with Crippen LogP contribution < -0.4 is 5.73 Å². The average Bonchev–Trinajstić information content (AvgIpc) is 2.71. The quantitative estimate of drug-likeness (QED) is 0.823. The van der Waals surface area contributed by atoms with E-state index in [2.05, 4.69) is 4.90 Å². The van der Waals surface area contributed by atoms with Crippen molar-refractivity contribution in [2.45, 2.75) is 19.1 Å². The molecule has 0 aromatic heterocycles. The number of likely N-dealkylation sites (tertiary alicyclic amines) is 1. The fraction of sp³-hybridized carbons (Fsp3) is 0.500. The molecule has 88 valence electrons. The van der Waals surface area contributed by atoms with Crippen LogP contribution in [0.15, 0.2) is 18.2 Å². The van der Waals surface area contributed by atoms with E-state index in [9.17, 15) is 0 Å². The molecule has 1 aliphatic rings. The Labute approximate surface area is 101 Å². The van der Waals surface area contributed by atoms with Gasteiger partial charge < -0.3 is 10.5 Å². The highest BCUT2D eigenvalue weighted by Gasteiger charge is 2.22. The van der Waals surface area contributed by atoms with Gasteiger partial charge in [-0.05, 0) is 18.6 Å². The summed E-state index contributed by atoms with van der Waals surface area (Å²) in [6.45, 7) is 2.82. The summed E-state index contributed by atoms with van der Waals surface area (Å²) in [5.41, 5.74) is 7.72. The number of benzene rings is 1. The molecule has 2 N–H and O–H groups in total. The van der Waals surface area contributed by atoms with Crippen molar-refractivity contribution in [2.24, 2.45) is 0 Å². The van der Waals surface area contributed by atoms with Gasteiger partial charge in [0.2, 0.25) is 0 Å². The van der Waals surface area contributed by atoms with Gasteiger partial charge in [-0.15, -0.1) is 0 Å². The van der Waals surface area contributed by atoms with E-state index in [1.54, 1.807) is 7.11 Å². The molecule has 1 aromatic rings. The van der Waals surface area contributed by atoms with Crippen LogP contribution in [0.1, 0.15) is 12.0 Å². The number of anilines is 1. The molecule has 1 heterocycles. The molecule has 0 amide bonds. The monoisotopic (exact) mass is 240 g/mol. The molecule has 2 rings (SSSR count). The second kappa shape index (κ2) is 5.04. The van der Waals surface area contributed by atoms with Crippen molar-refractivity contribution in [2.75, 3.05) is 25.9 Å². The number of rotatable bonds is 3. The first kappa shape index (κ1) is 11.7. The Morgan fingerprint density at radius 1 is 1.56 bits per heavy atom. The van der Waals surface area contributed by atoms with E-state index >= 15 is 0 Å². The van der Waals surface area contributed by atoms with Crippen molar-refractivity contribution in [3.05, 3.63) is 28.8 Å². The van der Waals surface area contributed by atoms with Crippen LogP contribution in [-0.2, 0) is 11.3 Å². The summed E-state index contributed by atoms with van der Waals surface area (Å²) in [4.78, 5) is 2.33. The van der Waals surface area contributed by atoms with Gasteiger partial charge in [0, 0.05) is 43.0 Å². The third-order valence-electron chi connectivity index (χ3n) is 3.10. The van der Waals surface area contributed by atoms with E-state index < -0.39 is 0 Å². The Morgan fingerprint density at radius 3 is 3.00 bits per heavy atom. The highest BCUT2D eigenvalue weighted by atomic mass is 35.5. The number of hydrogen-bond donors (Lipinski definition) is 1. The number of hydrogen-bond acceptors (Lipinski definition) is 3. The zero-order valence-corrected chi connectivity index (χ0v) is 10.2. The van der Waals surface area contributed by atoms with Crippen LogP contribution in [0.4, 0.5) is 5.69 Å². The molecule has 3 nitrogen and oxygen atoms in total. The first-order valence-corrected chi connectivity index (χ1v) is 5.86. The number of ether oxygens (including phenoxy) is 1. The summed E-state index contributed by atoms with van der Waals surface area (Å²) < 4.78 is 5.33. The summed E-state index contributed by atoms with van der Waals surface area (Å²) >= 11 is 6.14. The van der Waals surface area contributed by atoms with Gasteiger partial charge in [0.05, 0.1) is 6.10 Å². The molecular formula is C12H17ClN2O. The zero-order chi connectivity index (χ0) is 11.5. The predicted octanol–water partition coefficient (Wildman–Crippen LogP) is 2.14. The van der Waals surface area contributed by atoms with Gasteiger partial charge in [-0.3, -0.25) is 4.90 Å². The van der Waals surface area contributed by atoms with Gasteiger partial charge in [0.15, 0.2) is 0 Å². The maximum absolute atomic E-state index is 6.14. The first-order chi connectivity index (χ1) is 7.70. The number of nitrogen functional groups attached to an aromatic ring is 1. The minimum Gasteiger partial charge on any atom is -0.398 e. The van der Waals surface area contributed by atoms with Crippen molar-refractivity contribution >= 4 is 17.3 Å². The molecule has 1 aliphatic heterocycles. The third kappa shape index (κ3) is 2.48. The van der Waals surface area contributed by atoms with Gasteiger partial charge in [-0.25, -0.2) is 0 Å². The van der Waals surface area contributed by atoms with E-state index in [1.165, 1.54) is 0 Å². The van der Waals surface area contributed by atoms with E-state index in [-0.39, 0.29) is 0 Å². The molecule has 4 heteroatoms. The zero-order valence-electron chi connectivity index (χ0n) is 9.45. The first-order valence-electron chi connectivity index (χ1n) is 5.48. The van der Waals surface area contributed by atoms with Crippen molar-refractivity contribution in [1.29, 1.82) is 0 Å². The van der Waals surface area contributed by atoms with Gasteiger partial charge in [0.25, 0.3) is 0 Å². The summed E-state index contributed by atoms with van der Waals surface area (Å²) in [5.74, 6) is 0. The molecule has 0 aliphatic carbocycles. The van der Waals surface area contributed by atoms with Gasteiger partial charge >= 0.3 is 0 Å². The Morgan fingerprint density at radius 2 is 2.38 bits per heavy atom. The van der Waals surface area contributed by atoms with Gasteiger partial charge in [-0.1, -0.05) is 17.7 Å². The second-order valence-corrected chi connectivity index (χ2v) is 4.60. The Balaban J connectivity index is 2.04. The molecule has 0 saturated carbocycles. The molecule has 16 heavy (non-hydrogen) atoms. The lowest BCUT2D eigenvalue weighted by molar-refractivity contribution is 0.107. The normalized spacial score (nSPS) is 21.5. The van der Waals surface area contributed by atoms with Crippen molar-refractivity contribution in [1.82, 2.24) is 4.90 Å². The Hall–Kier alpha value is -0.770. The number of methoxy groups -OCH3 is 1. The number of nitrogens with two attached hydrogens (primary N) is 1. The standard InChI is InChI=1S/C12H17ClN2O/c1-16-9-5-6-15(7-9)8-10-11(13)3-2-4-12(10)14/h2-4,9H,5-8,14H2,1H3. The lowest BCUT2D eigenvalue weighted by Crippen LogP contribution is -2.23. The fourth-order valence-corrected chi connectivity index (χ4v) is 2.34. The van der Waals surface area contributed by atoms with Crippen LogP contribution in [0.2, 0.25) is 5.02 Å². The number of nitrogens with zero attached hydrogens (tertiary/aromatic N) is 1. The van der Waals surface area contributed by atoms with Gasteiger partial charge in [-0.2, -0.15) is 0 Å². The van der Waals surface area contributed by atoms with Crippen LogP contribution in [-0.4, -0.2) is 31.2 Å². The molecule has 1 fully saturated rings. The minimum atomic E-state index is 0.351. The lowest BCUT2D eigenvalue weighted by Gasteiger charge is -2.17. The molecule has 1 aromatic carbocycles. The predicted molar refractivity (Wildman–Crippen MR) is 66.6 cm³/mol. The van der Waals surface area contributed by atoms with E-state index in [0.717, 1.165) is 42.3 Å². The summed E-state index contributed by atoms with van der Waals surface area (Å²) in [5, 5.41) is 0.751. The van der Waals surface area contributed by atoms with Crippen molar-refractivity contribution in [3.63, 3.8) is 0 Å². The molecule has 1 unspecified atom stereocenters. The molecule has 0 bridgehead atoms. The van der Waals surface area contributed by atoms with Crippen LogP contribution >= 0.6 is 11.6 Å².